The molecule has 0 saturated heterocycles. The van der Waals surface area contributed by atoms with Crippen LogP contribution in [0.25, 0.3) is 10.8 Å². The van der Waals surface area contributed by atoms with E-state index in [1.54, 1.807) is 7.11 Å². The van der Waals surface area contributed by atoms with Gasteiger partial charge < -0.3 is 9.68 Å². The Kier molecular flexibility index (Phi) is 7.15. The first-order chi connectivity index (χ1) is 15.7. The van der Waals surface area contributed by atoms with Gasteiger partial charge in [-0.25, -0.2) is 0 Å². The summed E-state index contributed by atoms with van der Waals surface area (Å²) in [4.78, 5) is 15.3. The molecule has 0 radical (unpaired) electrons. The number of aromatic nitrogens is 1. The lowest BCUT2D eigenvalue weighted by atomic mass is 9.91. The molecule has 0 amide bonds. The predicted octanol–water partition coefficient (Wildman–Crippen LogP) is 5.99. The van der Waals surface area contributed by atoms with Crippen LogP contribution in [0.15, 0.2) is 58.8 Å². The third kappa shape index (κ3) is 4.98. The molecule has 0 atom stereocenters. The van der Waals surface area contributed by atoms with E-state index >= 15 is 0 Å². The molecule has 1 aliphatic carbocycles. The van der Waals surface area contributed by atoms with Gasteiger partial charge in [0.1, 0.15) is 19.4 Å². The maximum atomic E-state index is 5.79. The van der Waals surface area contributed by atoms with E-state index in [0.717, 1.165) is 54.9 Å². The van der Waals surface area contributed by atoms with Crippen LogP contribution in [-0.4, -0.2) is 30.1 Å². The maximum absolute atomic E-state index is 5.79. The largest absolute Gasteiger partial charge is 0.399 e. The molecule has 166 valence electrons. The van der Waals surface area contributed by atoms with Crippen molar-refractivity contribution in [3.8, 4) is 0 Å². The van der Waals surface area contributed by atoms with Gasteiger partial charge in [-0.3, -0.25) is 4.98 Å². The fourth-order valence-electron chi connectivity index (χ4n) is 4.42. The molecule has 1 aromatic heterocycles. The summed E-state index contributed by atoms with van der Waals surface area (Å²) in [6, 6.07) is 16.9. The SMILES string of the molecule is CON=C(C)c1cccc(CCCON=C2CCCCc3c2cc2ccccc2c3C)n1. The zero-order valence-electron chi connectivity index (χ0n) is 19.2. The molecule has 0 unspecified atom stereocenters. The Hall–Kier alpha value is -3.21. The molecule has 0 aliphatic heterocycles. The zero-order chi connectivity index (χ0) is 22.3. The van der Waals surface area contributed by atoms with Crippen LogP contribution in [0.2, 0.25) is 0 Å². The van der Waals surface area contributed by atoms with Gasteiger partial charge in [0.2, 0.25) is 0 Å². The minimum absolute atomic E-state index is 0.572. The van der Waals surface area contributed by atoms with Gasteiger partial charge in [-0.15, -0.1) is 0 Å². The molecular formula is C27H31N3O2. The topological polar surface area (TPSA) is 56.1 Å². The summed E-state index contributed by atoms with van der Waals surface area (Å²) in [5, 5.41) is 11.2. The lowest BCUT2D eigenvalue weighted by Crippen LogP contribution is -2.06. The highest BCUT2D eigenvalue weighted by Gasteiger charge is 2.18. The average Bonchev–Trinajstić information content (AvgIpc) is 3.02. The van der Waals surface area contributed by atoms with Gasteiger partial charge in [0.25, 0.3) is 0 Å². The number of benzene rings is 2. The molecule has 4 rings (SSSR count). The monoisotopic (exact) mass is 429 g/mol. The molecule has 2 aromatic carbocycles. The standard InChI is InChI=1S/C27H31N3O2/c1-19-23-13-5-4-10-21(23)18-25-24(19)14-6-7-15-27(25)30-32-17-9-12-22-11-8-16-26(28-22)20(2)29-31-3/h4-5,8,10-11,13,16,18H,6-7,9,12,14-15,17H2,1-3H3. The second-order valence-corrected chi connectivity index (χ2v) is 8.30. The van der Waals surface area contributed by atoms with E-state index in [-0.39, 0.29) is 0 Å². The van der Waals surface area contributed by atoms with Gasteiger partial charge in [-0.05, 0) is 92.5 Å². The number of hydrogen-bond acceptors (Lipinski definition) is 5. The number of hydrogen-bond donors (Lipinski definition) is 0. The molecule has 0 saturated carbocycles. The molecule has 32 heavy (non-hydrogen) atoms. The van der Waals surface area contributed by atoms with Crippen LogP contribution >= 0.6 is 0 Å². The summed E-state index contributed by atoms with van der Waals surface area (Å²) < 4.78 is 0. The lowest BCUT2D eigenvalue weighted by molar-refractivity contribution is 0.141. The Morgan fingerprint density at radius 1 is 1.06 bits per heavy atom. The molecule has 3 aromatic rings. The second-order valence-electron chi connectivity index (χ2n) is 8.30. The summed E-state index contributed by atoms with van der Waals surface area (Å²) in [5.74, 6) is 0. The van der Waals surface area contributed by atoms with Crippen molar-refractivity contribution in [3.05, 3.63) is 76.6 Å². The van der Waals surface area contributed by atoms with Crippen LogP contribution in [-0.2, 0) is 22.5 Å². The molecule has 0 spiro atoms. The Balaban J connectivity index is 1.43. The van der Waals surface area contributed by atoms with E-state index in [1.807, 2.05) is 25.1 Å². The number of pyridine rings is 1. The molecule has 0 N–H and O–H groups in total. The molecule has 0 bridgehead atoms. The summed E-state index contributed by atoms with van der Waals surface area (Å²) >= 11 is 0. The fourth-order valence-corrected chi connectivity index (χ4v) is 4.42. The zero-order valence-corrected chi connectivity index (χ0v) is 19.2. The van der Waals surface area contributed by atoms with Crippen LogP contribution in [0, 0.1) is 6.92 Å². The van der Waals surface area contributed by atoms with Crippen LogP contribution in [0.5, 0.6) is 0 Å². The Labute approximate surface area is 190 Å². The maximum Gasteiger partial charge on any atom is 0.117 e. The van der Waals surface area contributed by atoms with Crippen molar-refractivity contribution < 1.29 is 9.68 Å². The van der Waals surface area contributed by atoms with Gasteiger partial charge in [-0.1, -0.05) is 40.6 Å². The van der Waals surface area contributed by atoms with Crippen molar-refractivity contribution in [1.29, 1.82) is 0 Å². The van der Waals surface area contributed by atoms with Crippen molar-refractivity contribution in [1.82, 2.24) is 4.98 Å². The first-order valence-electron chi connectivity index (χ1n) is 11.4. The number of rotatable bonds is 7. The molecular weight excluding hydrogens is 398 g/mol. The van der Waals surface area contributed by atoms with Crippen LogP contribution in [0.1, 0.15) is 60.7 Å². The molecule has 5 nitrogen and oxygen atoms in total. The van der Waals surface area contributed by atoms with E-state index in [9.17, 15) is 0 Å². The first-order valence-corrected chi connectivity index (χ1v) is 11.4. The summed E-state index contributed by atoms with van der Waals surface area (Å²) in [7, 11) is 1.54. The van der Waals surface area contributed by atoms with Gasteiger partial charge in [-0.2, -0.15) is 0 Å². The predicted molar refractivity (Wildman–Crippen MR) is 131 cm³/mol. The van der Waals surface area contributed by atoms with Crippen LogP contribution in [0.4, 0.5) is 0 Å². The van der Waals surface area contributed by atoms with E-state index in [0.29, 0.717) is 6.61 Å². The number of fused-ring (bicyclic) bond motifs is 2. The number of nitrogens with zero attached hydrogens (tertiary/aromatic N) is 3. The molecule has 5 heteroatoms. The van der Waals surface area contributed by atoms with Gasteiger partial charge >= 0.3 is 0 Å². The number of aryl methyl sites for hydroxylation is 2. The van der Waals surface area contributed by atoms with Crippen molar-refractivity contribution in [3.63, 3.8) is 0 Å². The fraction of sp³-hybridized carbons (Fsp3) is 0.370. The van der Waals surface area contributed by atoms with E-state index in [4.69, 9.17) is 9.68 Å². The summed E-state index contributed by atoms with van der Waals surface area (Å²) in [6.07, 6.45) is 6.10. The van der Waals surface area contributed by atoms with Gasteiger partial charge in [0.05, 0.1) is 11.4 Å². The van der Waals surface area contributed by atoms with E-state index in [2.05, 4.69) is 52.6 Å². The third-order valence-electron chi connectivity index (χ3n) is 6.09. The minimum atomic E-state index is 0.572. The second kappa shape index (κ2) is 10.4. The Bertz CT molecular complexity index is 1150. The normalized spacial score (nSPS) is 15.5. The molecule has 1 aliphatic rings. The quantitative estimate of drug-likeness (QED) is 0.200. The third-order valence-corrected chi connectivity index (χ3v) is 6.09. The molecule has 1 heterocycles. The highest BCUT2D eigenvalue weighted by Crippen LogP contribution is 2.30. The number of oxime groups is 2. The van der Waals surface area contributed by atoms with Gasteiger partial charge in [0.15, 0.2) is 0 Å². The summed E-state index contributed by atoms with van der Waals surface area (Å²) in [5.41, 5.74) is 7.78. The van der Waals surface area contributed by atoms with Crippen LogP contribution < -0.4 is 0 Å². The van der Waals surface area contributed by atoms with Crippen LogP contribution in [0.3, 0.4) is 0 Å². The highest BCUT2D eigenvalue weighted by atomic mass is 16.6. The highest BCUT2D eigenvalue weighted by molar-refractivity contribution is 6.06. The lowest BCUT2D eigenvalue weighted by Gasteiger charge is -2.14. The smallest absolute Gasteiger partial charge is 0.117 e. The Morgan fingerprint density at radius 2 is 1.91 bits per heavy atom. The molecule has 0 fully saturated rings. The van der Waals surface area contributed by atoms with Crippen molar-refractivity contribution in [2.75, 3.05) is 13.7 Å². The van der Waals surface area contributed by atoms with Gasteiger partial charge in [0, 0.05) is 11.3 Å². The van der Waals surface area contributed by atoms with Crippen molar-refractivity contribution >= 4 is 22.2 Å². The van der Waals surface area contributed by atoms with E-state index < -0.39 is 0 Å². The van der Waals surface area contributed by atoms with Crippen molar-refractivity contribution in [2.24, 2.45) is 10.3 Å². The summed E-state index contributed by atoms with van der Waals surface area (Å²) in [6.45, 7) is 4.71. The Morgan fingerprint density at radius 3 is 2.78 bits per heavy atom. The van der Waals surface area contributed by atoms with E-state index in [1.165, 1.54) is 33.9 Å². The minimum Gasteiger partial charge on any atom is -0.399 e. The first kappa shape index (κ1) is 22.0. The average molecular weight is 430 g/mol. The van der Waals surface area contributed by atoms with Crippen molar-refractivity contribution in [2.45, 2.75) is 52.4 Å².